The summed E-state index contributed by atoms with van der Waals surface area (Å²) in [5.41, 5.74) is 8.07. The van der Waals surface area contributed by atoms with E-state index < -0.39 is 5.97 Å². The van der Waals surface area contributed by atoms with Crippen molar-refractivity contribution in [2.24, 2.45) is 0 Å². The van der Waals surface area contributed by atoms with Crippen molar-refractivity contribution >= 4 is 23.4 Å². The molecule has 0 amide bonds. The Balaban J connectivity index is 2.11. The summed E-state index contributed by atoms with van der Waals surface area (Å²) in [5.74, 6) is 0.256. The maximum atomic E-state index is 12.3. The topological polar surface area (TPSA) is 78.3 Å². The molecule has 128 valence electrons. The van der Waals surface area contributed by atoms with Crippen molar-refractivity contribution in [3.8, 4) is 22.8 Å². The number of hydrogen-bond acceptors (Lipinski definition) is 6. The molecule has 0 bridgehead atoms. The van der Waals surface area contributed by atoms with Crippen LogP contribution in [0.2, 0.25) is 0 Å². The fraction of sp³-hybridized carbons (Fsp3) is 0.158. The first-order chi connectivity index (χ1) is 12.1. The average molecular weight is 354 g/mol. The molecule has 1 aromatic heterocycles. The highest BCUT2D eigenvalue weighted by molar-refractivity contribution is 7.98. The lowest BCUT2D eigenvalue weighted by atomic mass is 10.1. The molecule has 0 saturated carbocycles. The van der Waals surface area contributed by atoms with Gasteiger partial charge in [-0.05, 0) is 49.6 Å². The van der Waals surface area contributed by atoms with Crippen LogP contribution in [0.25, 0.3) is 22.8 Å². The number of nitrogens with zero attached hydrogens (tertiary/aromatic N) is 1. The quantitative estimate of drug-likeness (QED) is 0.413. The number of hydrogen-bond donors (Lipinski definition) is 1. The van der Waals surface area contributed by atoms with Gasteiger partial charge in [0.25, 0.3) is 0 Å². The Morgan fingerprint density at radius 3 is 2.64 bits per heavy atom. The number of thioether (sulfide) groups is 1. The highest BCUT2D eigenvalue weighted by atomic mass is 32.2. The van der Waals surface area contributed by atoms with Gasteiger partial charge in [-0.3, -0.25) is 0 Å². The Morgan fingerprint density at radius 2 is 1.96 bits per heavy atom. The molecular formula is C19H18N2O3S. The van der Waals surface area contributed by atoms with Crippen molar-refractivity contribution < 1.29 is 13.9 Å². The number of oxazole rings is 1. The van der Waals surface area contributed by atoms with Gasteiger partial charge in [0.15, 0.2) is 11.5 Å². The van der Waals surface area contributed by atoms with Gasteiger partial charge in [0, 0.05) is 21.7 Å². The normalized spacial score (nSPS) is 10.6. The van der Waals surface area contributed by atoms with Crippen LogP contribution in [-0.4, -0.2) is 23.8 Å². The standard InChI is InChI=1S/C19H18N2O3S/c1-3-23-19(22)16-17(13-5-4-6-15(11-13)25-2)24-18(21-16)12-7-9-14(20)10-8-12/h4-11H,3,20H2,1-2H3. The Bertz CT molecular complexity index is 888. The van der Waals surface area contributed by atoms with Gasteiger partial charge in [-0.25, -0.2) is 9.78 Å². The monoisotopic (exact) mass is 354 g/mol. The summed E-state index contributed by atoms with van der Waals surface area (Å²) in [7, 11) is 0. The highest BCUT2D eigenvalue weighted by Gasteiger charge is 2.23. The summed E-state index contributed by atoms with van der Waals surface area (Å²) in [4.78, 5) is 17.8. The third-order valence-electron chi connectivity index (χ3n) is 3.59. The smallest absolute Gasteiger partial charge is 0.361 e. The summed E-state index contributed by atoms with van der Waals surface area (Å²) in [6.07, 6.45) is 1.99. The number of nitrogen functional groups attached to an aromatic ring is 1. The number of esters is 1. The third kappa shape index (κ3) is 3.69. The van der Waals surface area contributed by atoms with E-state index in [-0.39, 0.29) is 12.3 Å². The van der Waals surface area contributed by atoms with Gasteiger partial charge in [-0.15, -0.1) is 11.8 Å². The summed E-state index contributed by atoms with van der Waals surface area (Å²) < 4.78 is 11.1. The average Bonchev–Trinajstić information content (AvgIpc) is 3.08. The van der Waals surface area contributed by atoms with Crippen LogP contribution >= 0.6 is 11.8 Å². The van der Waals surface area contributed by atoms with Crippen molar-refractivity contribution in [1.82, 2.24) is 4.98 Å². The second kappa shape index (κ2) is 7.44. The molecule has 0 spiro atoms. The minimum absolute atomic E-state index is 0.173. The van der Waals surface area contributed by atoms with Crippen molar-refractivity contribution in [2.75, 3.05) is 18.6 Å². The van der Waals surface area contributed by atoms with E-state index in [0.29, 0.717) is 17.3 Å². The zero-order chi connectivity index (χ0) is 17.8. The fourth-order valence-electron chi connectivity index (χ4n) is 2.37. The molecule has 0 aliphatic rings. The predicted molar refractivity (Wildman–Crippen MR) is 99.5 cm³/mol. The van der Waals surface area contributed by atoms with E-state index in [2.05, 4.69) is 4.98 Å². The Kier molecular flexibility index (Phi) is 5.09. The number of anilines is 1. The molecule has 0 unspecified atom stereocenters. The molecule has 0 aliphatic carbocycles. The van der Waals surface area contributed by atoms with E-state index in [1.807, 2.05) is 30.5 Å². The van der Waals surface area contributed by atoms with Crippen LogP contribution in [0.5, 0.6) is 0 Å². The van der Waals surface area contributed by atoms with Crippen molar-refractivity contribution in [3.63, 3.8) is 0 Å². The molecule has 0 fully saturated rings. The largest absolute Gasteiger partial charge is 0.461 e. The molecule has 3 rings (SSSR count). The van der Waals surface area contributed by atoms with E-state index in [1.54, 1.807) is 43.0 Å². The summed E-state index contributed by atoms with van der Waals surface area (Å²) >= 11 is 1.61. The molecule has 1 heterocycles. The minimum Gasteiger partial charge on any atom is -0.461 e. The first-order valence-corrected chi connectivity index (χ1v) is 9.03. The Labute approximate surface area is 150 Å². The van der Waals surface area contributed by atoms with Gasteiger partial charge in [0.1, 0.15) is 0 Å². The highest BCUT2D eigenvalue weighted by Crippen LogP contribution is 2.32. The van der Waals surface area contributed by atoms with Crippen LogP contribution in [0.1, 0.15) is 17.4 Å². The summed E-state index contributed by atoms with van der Waals surface area (Å²) in [6, 6.07) is 14.9. The molecule has 6 heteroatoms. The van der Waals surface area contributed by atoms with Crippen LogP contribution in [0.3, 0.4) is 0 Å². The van der Waals surface area contributed by atoms with Crippen molar-refractivity contribution in [1.29, 1.82) is 0 Å². The van der Waals surface area contributed by atoms with Gasteiger partial charge in [0.2, 0.25) is 5.89 Å². The van der Waals surface area contributed by atoms with E-state index >= 15 is 0 Å². The van der Waals surface area contributed by atoms with Crippen LogP contribution < -0.4 is 5.73 Å². The lowest BCUT2D eigenvalue weighted by Crippen LogP contribution is -2.06. The number of benzene rings is 2. The van der Waals surface area contributed by atoms with Gasteiger partial charge in [-0.1, -0.05) is 12.1 Å². The number of carbonyl (C=O) groups excluding carboxylic acids is 1. The molecule has 0 aliphatic heterocycles. The second-order valence-electron chi connectivity index (χ2n) is 5.27. The molecule has 25 heavy (non-hydrogen) atoms. The van der Waals surface area contributed by atoms with Crippen LogP contribution in [-0.2, 0) is 4.74 Å². The van der Waals surface area contributed by atoms with Gasteiger partial charge in [0.05, 0.1) is 6.61 Å². The number of carbonyl (C=O) groups is 1. The molecule has 2 aromatic carbocycles. The Morgan fingerprint density at radius 1 is 1.20 bits per heavy atom. The first-order valence-electron chi connectivity index (χ1n) is 7.80. The van der Waals surface area contributed by atoms with Crippen LogP contribution in [0.15, 0.2) is 57.8 Å². The third-order valence-corrected chi connectivity index (χ3v) is 4.31. The second-order valence-corrected chi connectivity index (χ2v) is 6.15. The fourth-order valence-corrected chi connectivity index (χ4v) is 2.83. The molecule has 2 N–H and O–H groups in total. The zero-order valence-electron chi connectivity index (χ0n) is 14.0. The molecule has 3 aromatic rings. The maximum Gasteiger partial charge on any atom is 0.361 e. The summed E-state index contributed by atoms with van der Waals surface area (Å²) in [5, 5.41) is 0. The van der Waals surface area contributed by atoms with Crippen LogP contribution in [0.4, 0.5) is 5.69 Å². The maximum absolute atomic E-state index is 12.3. The Hall–Kier alpha value is -2.73. The minimum atomic E-state index is -0.502. The van der Waals surface area contributed by atoms with Crippen LogP contribution in [0, 0.1) is 0 Å². The zero-order valence-corrected chi connectivity index (χ0v) is 14.8. The van der Waals surface area contributed by atoms with Gasteiger partial charge >= 0.3 is 5.97 Å². The number of rotatable bonds is 5. The SMILES string of the molecule is CCOC(=O)c1nc(-c2ccc(N)cc2)oc1-c1cccc(SC)c1. The van der Waals surface area contributed by atoms with E-state index in [0.717, 1.165) is 16.0 Å². The molecule has 0 radical (unpaired) electrons. The van der Waals surface area contributed by atoms with E-state index in [4.69, 9.17) is 14.9 Å². The van der Waals surface area contributed by atoms with E-state index in [9.17, 15) is 4.79 Å². The number of aromatic nitrogens is 1. The van der Waals surface area contributed by atoms with E-state index in [1.165, 1.54) is 0 Å². The predicted octanol–water partition coefficient (Wildman–Crippen LogP) is 4.49. The van der Waals surface area contributed by atoms with Crippen molar-refractivity contribution in [2.45, 2.75) is 11.8 Å². The van der Waals surface area contributed by atoms with Gasteiger partial charge < -0.3 is 14.9 Å². The number of ether oxygens (including phenoxy) is 1. The molecule has 5 nitrogen and oxygen atoms in total. The number of nitrogens with two attached hydrogens (primary N) is 1. The first kappa shape index (κ1) is 17.1. The lowest BCUT2D eigenvalue weighted by molar-refractivity contribution is 0.0520. The molecule has 0 atom stereocenters. The molecular weight excluding hydrogens is 336 g/mol. The van der Waals surface area contributed by atoms with Crippen molar-refractivity contribution in [3.05, 3.63) is 54.2 Å². The summed E-state index contributed by atoms with van der Waals surface area (Å²) in [6.45, 7) is 2.03. The lowest BCUT2D eigenvalue weighted by Gasteiger charge is -2.03. The van der Waals surface area contributed by atoms with Gasteiger partial charge in [-0.2, -0.15) is 0 Å². The molecule has 0 saturated heterocycles.